The molecule has 2 aromatic rings. The van der Waals surface area contributed by atoms with E-state index in [0.29, 0.717) is 24.4 Å². The number of nitrogens with one attached hydrogen (secondary N) is 1. The number of benzene rings is 2. The van der Waals surface area contributed by atoms with Crippen LogP contribution in [0.5, 0.6) is 5.75 Å². The van der Waals surface area contributed by atoms with Gasteiger partial charge in [-0.2, -0.15) is 0 Å². The number of rotatable bonds is 7. The summed E-state index contributed by atoms with van der Waals surface area (Å²) < 4.78 is 5.43. The van der Waals surface area contributed by atoms with Gasteiger partial charge in [0.2, 0.25) is 0 Å². The number of urea groups is 1. The predicted octanol–water partition coefficient (Wildman–Crippen LogP) is 3.01. The molecule has 6 nitrogen and oxygen atoms in total. The molecule has 6 heteroatoms. The molecule has 0 saturated heterocycles. The minimum absolute atomic E-state index is 0.153. The number of carbonyl (C=O) groups excluding carboxylic acids is 2. The first-order chi connectivity index (χ1) is 12.0. The molecule has 3 amide bonds. The smallest absolute Gasteiger partial charge is 0.316 e. The van der Waals surface area contributed by atoms with Crippen LogP contribution in [0.4, 0.5) is 10.5 Å². The molecule has 0 spiro atoms. The molecule has 0 saturated carbocycles. The van der Waals surface area contributed by atoms with E-state index >= 15 is 0 Å². The zero-order chi connectivity index (χ0) is 18.2. The topological polar surface area (TPSA) is 84.7 Å². The summed E-state index contributed by atoms with van der Waals surface area (Å²) in [5, 5.41) is 2.46. The van der Waals surface area contributed by atoms with Crippen molar-refractivity contribution in [3.63, 3.8) is 0 Å². The number of nitrogens with zero attached hydrogens (tertiary/aromatic N) is 1. The van der Waals surface area contributed by atoms with Crippen LogP contribution < -0.4 is 15.8 Å². The number of hydrogen-bond donors (Lipinski definition) is 2. The Kier molecular flexibility index (Phi) is 6.17. The van der Waals surface area contributed by atoms with E-state index in [9.17, 15) is 9.59 Å². The van der Waals surface area contributed by atoms with Gasteiger partial charge in [0.1, 0.15) is 12.4 Å². The molecular formula is C19H21N3O3. The van der Waals surface area contributed by atoms with Gasteiger partial charge in [0.15, 0.2) is 0 Å². The van der Waals surface area contributed by atoms with Crippen molar-refractivity contribution < 1.29 is 14.3 Å². The Labute approximate surface area is 146 Å². The zero-order valence-electron chi connectivity index (χ0n) is 14.1. The zero-order valence-corrected chi connectivity index (χ0v) is 14.1. The van der Waals surface area contributed by atoms with Crippen molar-refractivity contribution in [2.24, 2.45) is 5.73 Å². The highest BCUT2D eigenvalue weighted by molar-refractivity contribution is 5.96. The molecule has 0 aromatic heterocycles. The van der Waals surface area contributed by atoms with Crippen molar-refractivity contribution in [1.29, 1.82) is 0 Å². The van der Waals surface area contributed by atoms with Crippen molar-refractivity contribution in [3.8, 4) is 5.75 Å². The Morgan fingerprint density at radius 1 is 1.24 bits per heavy atom. The van der Waals surface area contributed by atoms with Gasteiger partial charge in [-0.05, 0) is 35.9 Å². The van der Waals surface area contributed by atoms with Gasteiger partial charge in [0, 0.05) is 24.8 Å². The fourth-order valence-electron chi connectivity index (χ4n) is 2.28. The van der Waals surface area contributed by atoms with E-state index in [2.05, 4.69) is 11.9 Å². The lowest BCUT2D eigenvalue weighted by atomic mass is 10.1. The standard InChI is InChI=1S/C19H21N3O3/c1-3-11-25-17-9-7-14(8-10-17)13-22(2)18(23)15-5-4-6-16(12-15)21-19(20)24/h3-10,12H,1,11,13H2,2H3,(H3,20,21,24). The minimum atomic E-state index is -0.670. The Hall–Kier alpha value is -3.28. The van der Waals surface area contributed by atoms with Crippen molar-refractivity contribution in [2.45, 2.75) is 6.54 Å². The van der Waals surface area contributed by atoms with E-state index in [0.717, 1.165) is 11.3 Å². The summed E-state index contributed by atoms with van der Waals surface area (Å²) in [6.45, 7) is 4.51. The molecule has 0 aliphatic rings. The molecule has 0 heterocycles. The molecule has 25 heavy (non-hydrogen) atoms. The van der Waals surface area contributed by atoms with Crippen LogP contribution in [0, 0.1) is 0 Å². The van der Waals surface area contributed by atoms with Crippen LogP contribution in [-0.4, -0.2) is 30.5 Å². The van der Waals surface area contributed by atoms with Gasteiger partial charge in [-0.1, -0.05) is 30.9 Å². The molecule has 2 aromatic carbocycles. The van der Waals surface area contributed by atoms with Crippen LogP contribution in [0.1, 0.15) is 15.9 Å². The Morgan fingerprint density at radius 3 is 2.60 bits per heavy atom. The summed E-state index contributed by atoms with van der Waals surface area (Å²) in [6, 6.07) is 13.5. The maximum atomic E-state index is 12.5. The highest BCUT2D eigenvalue weighted by atomic mass is 16.5. The monoisotopic (exact) mass is 339 g/mol. The van der Waals surface area contributed by atoms with Crippen molar-refractivity contribution >= 4 is 17.6 Å². The van der Waals surface area contributed by atoms with Crippen LogP contribution in [0.2, 0.25) is 0 Å². The van der Waals surface area contributed by atoms with Crippen LogP contribution in [-0.2, 0) is 6.54 Å². The first-order valence-electron chi connectivity index (χ1n) is 7.74. The third kappa shape index (κ3) is 5.39. The summed E-state index contributed by atoms with van der Waals surface area (Å²) in [5.74, 6) is 0.600. The molecule has 0 atom stereocenters. The number of carbonyl (C=O) groups is 2. The third-order valence-electron chi connectivity index (χ3n) is 3.43. The second-order valence-electron chi connectivity index (χ2n) is 5.47. The first-order valence-corrected chi connectivity index (χ1v) is 7.74. The van der Waals surface area contributed by atoms with Crippen LogP contribution in [0.3, 0.4) is 0 Å². The molecule has 0 bridgehead atoms. The maximum Gasteiger partial charge on any atom is 0.316 e. The molecule has 0 aliphatic carbocycles. The molecular weight excluding hydrogens is 318 g/mol. The van der Waals surface area contributed by atoms with Crippen LogP contribution in [0.25, 0.3) is 0 Å². The van der Waals surface area contributed by atoms with Crippen molar-refractivity contribution in [2.75, 3.05) is 19.0 Å². The normalized spacial score (nSPS) is 9.96. The van der Waals surface area contributed by atoms with E-state index in [1.807, 2.05) is 24.3 Å². The lowest BCUT2D eigenvalue weighted by Crippen LogP contribution is -2.26. The van der Waals surface area contributed by atoms with Crippen LogP contribution in [0.15, 0.2) is 61.2 Å². The van der Waals surface area contributed by atoms with E-state index in [1.54, 1.807) is 42.3 Å². The highest BCUT2D eigenvalue weighted by Crippen LogP contribution is 2.16. The summed E-state index contributed by atoms with van der Waals surface area (Å²) in [6.07, 6.45) is 1.68. The van der Waals surface area contributed by atoms with Gasteiger partial charge in [0.25, 0.3) is 5.91 Å². The van der Waals surface area contributed by atoms with Gasteiger partial charge >= 0.3 is 6.03 Å². The quantitative estimate of drug-likeness (QED) is 0.761. The minimum Gasteiger partial charge on any atom is -0.490 e. The Morgan fingerprint density at radius 2 is 1.96 bits per heavy atom. The molecule has 0 aliphatic heterocycles. The molecule has 0 fully saturated rings. The second-order valence-corrected chi connectivity index (χ2v) is 5.47. The number of primary amides is 1. The lowest BCUT2D eigenvalue weighted by molar-refractivity contribution is 0.0785. The highest BCUT2D eigenvalue weighted by Gasteiger charge is 2.13. The SMILES string of the molecule is C=CCOc1ccc(CN(C)C(=O)c2cccc(NC(N)=O)c2)cc1. The molecule has 0 unspecified atom stereocenters. The van der Waals surface area contributed by atoms with Gasteiger partial charge in [-0.3, -0.25) is 4.79 Å². The number of nitrogens with two attached hydrogens (primary N) is 1. The van der Waals surface area contributed by atoms with E-state index in [-0.39, 0.29) is 5.91 Å². The van der Waals surface area contributed by atoms with Gasteiger partial charge in [-0.15, -0.1) is 0 Å². The van der Waals surface area contributed by atoms with E-state index in [1.165, 1.54) is 0 Å². The second kappa shape index (κ2) is 8.54. The summed E-state index contributed by atoms with van der Waals surface area (Å²) in [5.41, 5.74) is 7.03. The van der Waals surface area contributed by atoms with Crippen molar-refractivity contribution in [3.05, 3.63) is 72.3 Å². The molecule has 3 N–H and O–H groups in total. The third-order valence-corrected chi connectivity index (χ3v) is 3.43. The van der Waals surface area contributed by atoms with Crippen molar-refractivity contribution in [1.82, 2.24) is 4.90 Å². The fraction of sp³-hybridized carbons (Fsp3) is 0.158. The summed E-state index contributed by atoms with van der Waals surface area (Å²) >= 11 is 0. The summed E-state index contributed by atoms with van der Waals surface area (Å²) in [4.78, 5) is 25.1. The lowest BCUT2D eigenvalue weighted by Gasteiger charge is -2.18. The average molecular weight is 339 g/mol. The predicted molar refractivity (Wildman–Crippen MR) is 97.6 cm³/mol. The number of amides is 3. The number of anilines is 1. The van der Waals surface area contributed by atoms with E-state index < -0.39 is 6.03 Å². The number of hydrogen-bond acceptors (Lipinski definition) is 3. The first kappa shape index (κ1) is 18.1. The average Bonchev–Trinajstić information content (AvgIpc) is 2.60. The Balaban J connectivity index is 2.02. The molecule has 130 valence electrons. The maximum absolute atomic E-state index is 12.5. The Bertz CT molecular complexity index is 757. The molecule has 0 radical (unpaired) electrons. The molecule has 2 rings (SSSR count). The van der Waals surface area contributed by atoms with Crippen LogP contribution >= 0.6 is 0 Å². The summed E-state index contributed by atoms with van der Waals surface area (Å²) in [7, 11) is 1.72. The largest absolute Gasteiger partial charge is 0.490 e. The van der Waals surface area contributed by atoms with E-state index in [4.69, 9.17) is 10.5 Å². The fourth-order valence-corrected chi connectivity index (χ4v) is 2.28. The van der Waals surface area contributed by atoms with Gasteiger partial charge in [0.05, 0.1) is 0 Å². The van der Waals surface area contributed by atoms with Gasteiger partial charge in [-0.25, -0.2) is 4.79 Å². The van der Waals surface area contributed by atoms with Gasteiger partial charge < -0.3 is 20.7 Å². The number of ether oxygens (including phenoxy) is 1.